The number of nitrogen functional groups attached to an aromatic ring is 1. The van der Waals surface area contributed by atoms with Crippen LogP contribution in [0.4, 0.5) is 17.1 Å². The van der Waals surface area contributed by atoms with Crippen molar-refractivity contribution in [2.75, 3.05) is 11.1 Å². The molecule has 0 spiro atoms. The number of rotatable bonds is 4. The maximum Gasteiger partial charge on any atom is 0.297 e. The van der Waals surface area contributed by atoms with Gasteiger partial charge in [0.1, 0.15) is 4.90 Å². The lowest BCUT2D eigenvalue weighted by Gasteiger charge is -2.15. The molecule has 5 N–H and O–H groups in total. The number of benzene rings is 2. The second-order valence-corrected chi connectivity index (χ2v) is 9.58. The highest BCUT2D eigenvalue weighted by Crippen LogP contribution is 2.36. The van der Waals surface area contributed by atoms with E-state index in [1.54, 1.807) is 22.6 Å². The molecule has 0 heterocycles. The van der Waals surface area contributed by atoms with Gasteiger partial charge in [0.15, 0.2) is 0 Å². The number of hydrogen-bond acceptors (Lipinski definition) is 6. The predicted molar refractivity (Wildman–Crippen MR) is 106 cm³/mol. The van der Waals surface area contributed by atoms with Crippen molar-refractivity contribution in [1.82, 2.24) is 0 Å². The van der Waals surface area contributed by atoms with Crippen LogP contribution in [0.25, 0.3) is 0 Å². The van der Waals surface area contributed by atoms with Crippen molar-refractivity contribution in [3.63, 3.8) is 0 Å². The van der Waals surface area contributed by atoms with Gasteiger partial charge in [-0.15, -0.1) is 0 Å². The van der Waals surface area contributed by atoms with E-state index < -0.39 is 20.2 Å². The van der Waals surface area contributed by atoms with E-state index in [1.807, 2.05) is 22.6 Å². The zero-order valence-corrected chi connectivity index (χ0v) is 17.5. The topological polar surface area (TPSA) is 147 Å². The first-order valence-corrected chi connectivity index (χ1v) is 11.0. The predicted octanol–water partition coefficient (Wildman–Crippen LogP) is 2.72. The van der Waals surface area contributed by atoms with E-state index in [2.05, 4.69) is 5.32 Å². The summed E-state index contributed by atoms with van der Waals surface area (Å²) in [5.41, 5.74) is 6.45. The Balaban J connectivity index is 2.54. The lowest BCUT2D eigenvalue weighted by molar-refractivity contribution is 0.481. The van der Waals surface area contributed by atoms with Crippen molar-refractivity contribution >= 4 is 82.5 Å². The van der Waals surface area contributed by atoms with Crippen LogP contribution in [0.1, 0.15) is 0 Å². The van der Waals surface area contributed by atoms with Gasteiger partial charge in [0.2, 0.25) is 0 Å². The highest BCUT2D eigenvalue weighted by molar-refractivity contribution is 14.1. The fraction of sp³-hybridized carbons (Fsp3) is 0. The van der Waals surface area contributed by atoms with Crippen LogP contribution in [-0.4, -0.2) is 25.9 Å². The van der Waals surface area contributed by atoms with Crippen LogP contribution in [-0.2, 0) is 20.2 Å². The average molecular weight is 596 g/mol. The quantitative estimate of drug-likeness (QED) is 0.240. The Labute approximate surface area is 165 Å². The molecular formula is C12H10I2N2O6S2. The van der Waals surface area contributed by atoms with Crippen LogP contribution in [0.5, 0.6) is 0 Å². The van der Waals surface area contributed by atoms with Crippen molar-refractivity contribution in [3.05, 3.63) is 37.5 Å². The molecule has 2 aromatic carbocycles. The molecule has 0 amide bonds. The summed E-state index contributed by atoms with van der Waals surface area (Å²) in [6.07, 6.45) is 0. The van der Waals surface area contributed by atoms with Gasteiger partial charge in [0, 0.05) is 9.26 Å². The third-order valence-corrected chi connectivity index (χ3v) is 7.08. The minimum absolute atomic E-state index is 0.0834. The average Bonchev–Trinajstić information content (AvgIpc) is 2.43. The van der Waals surface area contributed by atoms with E-state index >= 15 is 0 Å². The molecule has 130 valence electrons. The zero-order valence-electron chi connectivity index (χ0n) is 11.6. The summed E-state index contributed by atoms with van der Waals surface area (Å²) >= 11 is 3.64. The summed E-state index contributed by atoms with van der Waals surface area (Å²) in [6.45, 7) is 0. The molecule has 0 aromatic heterocycles. The number of nitrogens with one attached hydrogen (secondary N) is 1. The molecule has 0 atom stereocenters. The monoisotopic (exact) mass is 596 g/mol. The van der Waals surface area contributed by atoms with Crippen LogP contribution in [0.3, 0.4) is 0 Å². The molecule has 0 unspecified atom stereocenters. The molecule has 0 saturated heterocycles. The zero-order chi connectivity index (χ0) is 18.3. The molecule has 0 aliphatic heterocycles. The van der Waals surface area contributed by atoms with Gasteiger partial charge in [-0.2, -0.15) is 16.8 Å². The van der Waals surface area contributed by atoms with Crippen molar-refractivity contribution in [1.29, 1.82) is 0 Å². The van der Waals surface area contributed by atoms with Crippen LogP contribution >= 0.6 is 45.2 Å². The molecule has 12 heteroatoms. The Bertz CT molecular complexity index is 1000. The van der Waals surface area contributed by atoms with E-state index in [1.165, 1.54) is 18.2 Å². The second kappa shape index (κ2) is 6.91. The molecule has 0 aliphatic carbocycles. The van der Waals surface area contributed by atoms with Gasteiger partial charge in [-0.05, 0) is 75.5 Å². The van der Waals surface area contributed by atoms with E-state index in [0.29, 0.717) is 9.26 Å². The number of hydrogen-bond donors (Lipinski definition) is 4. The number of anilines is 3. The van der Waals surface area contributed by atoms with Crippen molar-refractivity contribution in [3.8, 4) is 0 Å². The molecule has 8 nitrogen and oxygen atoms in total. The Morgan fingerprint density at radius 3 is 1.96 bits per heavy atom. The van der Waals surface area contributed by atoms with Gasteiger partial charge in [0.25, 0.3) is 20.2 Å². The molecule has 0 radical (unpaired) electrons. The normalized spacial score (nSPS) is 12.2. The fourth-order valence-electron chi connectivity index (χ4n) is 1.83. The first kappa shape index (κ1) is 19.6. The number of nitrogens with two attached hydrogens (primary N) is 1. The summed E-state index contributed by atoms with van der Waals surface area (Å²) in [7, 11) is -8.87. The summed E-state index contributed by atoms with van der Waals surface area (Å²) in [5, 5.41) is 2.79. The minimum Gasteiger partial charge on any atom is -0.397 e. The third kappa shape index (κ3) is 4.29. The lowest BCUT2D eigenvalue weighted by Crippen LogP contribution is -2.09. The molecule has 0 fully saturated rings. The minimum atomic E-state index is -4.54. The first-order chi connectivity index (χ1) is 10.9. The van der Waals surface area contributed by atoms with Gasteiger partial charge >= 0.3 is 0 Å². The summed E-state index contributed by atoms with van der Waals surface area (Å²) < 4.78 is 64.5. The van der Waals surface area contributed by atoms with E-state index in [-0.39, 0.29) is 24.7 Å². The summed E-state index contributed by atoms with van der Waals surface area (Å²) in [6, 6.07) is 6.42. The molecular weight excluding hydrogens is 586 g/mol. The van der Waals surface area contributed by atoms with Crippen molar-refractivity contribution < 1.29 is 25.9 Å². The van der Waals surface area contributed by atoms with Crippen molar-refractivity contribution in [2.45, 2.75) is 9.79 Å². The van der Waals surface area contributed by atoms with Crippen molar-refractivity contribution in [2.24, 2.45) is 0 Å². The Hall–Kier alpha value is -0.680. The SMILES string of the molecule is Nc1c(I)cc(Nc2ccc(S(=O)(=O)O)cc2)c(S(=O)(=O)O)c1I. The Morgan fingerprint density at radius 2 is 1.50 bits per heavy atom. The maximum atomic E-state index is 11.7. The van der Waals surface area contributed by atoms with Gasteiger partial charge in [0.05, 0.1) is 19.8 Å². The highest BCUT2D eigenvalue weighted by Gasteiger charge is 2.23. The number of halogens is 2. The Kier molecular flexibility index (Phi) is 5.65. The summed E-state index contributed by atoms with van der Waals surface area (Å²) in [5.74, 6) is 0. The van der Waals surface area contributed by atoms with Gasteiger partial charge in [-0.3, -0.25) is 9.11 Å². The standard InChI is InChI=1S/C12H10I2N2O6S2/c13-8-5-9(12(24(20,21)22)10(14)11(8)15)16-6-1-3-7(4-2-6)23(17,18)19/h1-5,16H,15H2,(H,17,18,19)(H,20,21,22). The van der Waals surface area contributed by atoms with E-state index in [9.17, 15) is 21.4 Å². The molecule has 0 bridgehead atoms. The van der Waals surface area contributed by atoms with Gasteiger partial charge in [-0.1, -0.05) is 0 Å². The third-order valence-electron chi connectivity index (χ3n) is 2.90. The maximum absolute atomic E-state index is 11.7. The molecule has 24 heavy (non-hydrogen) atoms. The molecule has 2 aromatic rings. The molecule has 0 saturated carbocycles. The highest BCUT2D eigenvalue weighted by atomic mass is 127. The van der Waals surface area contributed by atoms with Gasteiger partial charge in [-0.25, -0.2) is 0 Å². The molecule has 0 aliphatic rings. The first-order valence-electron chi connectivity index (χ1n) is 6.01. The van der Waals surface area contributed by atoms with Gasteiger partial charge < -0.3 is 11.1 Å². The van der Waals surface area contributed by atoms with Crippen LogP contribution in [0.2, 0.25) is 0 Å². The molecule has 2 rings (SSSR count). The van der Waals surface area contributed by atoms with E-state index in [0.717, 1.165) is 12.1 Å². The van der Waals surface area contributed by atoms with Crippen LogP contribution < -0.4 is 11.1 Å². The summed E-state index contributed by atoms with van der Waals surface area (Å²) in [4.78, 5) is -0.676. The van der Waals surface area contributed by atoms with Crippen LogP contribution in [0.15, 0.2) is 40.1 Å². The smallest absolute Gasteiger partial charge is 0.297 e. The second-order valence-electron chi connectivity index (χ2n) is 4.56. The largest absolute Gasteiger partial charge is 0.397 e. The Morgan fingerprint density at radius 1 is 0.958 bits per heavy atom. The fourth-order valence-corrected chi connectivity index (χ4v) is 5.54. The van der Waals surface area contributed by atoms with E-state index in [4.69, 9.17) is 10.3 Å². The van der Waals surface area contributed by atoms with Crippen LogP contribution in [0, 0.1) is 7.14 Å². The lowest BCUT2D eigenvalue weighted by atomic mass is 10.2.